The first-order chi connectivity index (χ1) is 1.00. The molecular formula is H8AlMoSiSn. The van der Waals surface area contributed by atoms with Crippen LogP contribution in [0.15, 0.2) is 0 Å². The molecule has 0 heterocycles. The van der Waals surface area contributed by atoms with Crippen molar-refractivity contribution in [3.63, 3.8) is 0 Å². The van der Waals surface area contributed by atoms with Crippen molar-refractivity contribution in [2.24, 2.45) is 0 Å². The summed E-state index contributed by atoms with van der Waals surface area (Å²) >= 11 is 2.09. The third-order valence-electron chi connectivity index (χ3n) is 0. The van der Waals surface area contributed by atoms with Crippen molar-refractivity contribution >= 4 is 49.5 Å². The van der Waals surface area contributed by atoms with E-state index < -0.39 is 0 Å². The molecule has 0 unspecified atom stereocenters. The molecule has 0 N–H and O–H groups in total. The van der Waals surface area contributed by atoms with Crippen molar-refractivity contribution in [2.75, 3.05) is 0 Å². The van der Waals surface area contributed by atoms with E-state index in [1.807, 2.05) is 0 Å². The monoisotopic (exact) mass is 281 g/mol. The topological polar surface area (TPSA) is 0 Å². The predicted octanol–water partition coefficient (Wildman–Crippen LogP) is -3.29. The average molecular weight is 278 g/mol. The number of hydrogen-bond acceptors (Lipinski definition) is 0. The van der Waals surface area contributed by atoms with Gasteiger partial charge in [-0.15, -0.1) is 0 Å². The fourth-order valence-electron chi connectivity index (χ4n) is 0. The Morgan fingerprint density at radius 3 is 1.25 bits per heavy atom. The molecule has 0 saturated heterocycles. The molecule has 0 aromatic rings. The molecule has 0 aromatic carbocycles. The van der Waals surface area contributed by atoms with Crippen LogP contribution in [0.2, 0.25) is 0 Å². The Morgan fingerprint density at radius 1 is 1.25 bits per heavy atom. The van der Waals surface area contributed by atoms with Gasteiger partial charge in [0.1, 0.15) is 0 Å². The molecule has 0 aromatic heterocycles. The first-order valence-corrected chi connectivity index (χ1v) is 7.25. The van der Waals surface area contributed by atoms with Gasteiger partial charge >= 0.3 is 51.2 Å². The van der Waals surface area contributed by atoms with Crippen LogP contribution >= 0.6 is 0 Å². The molecule has 0 spiro atoms. The summed E-state index contributed by atoms with van der Waals surface area (Å²) in [5, 5.41) is 0. The fourth-order valence-corrected chi connectivity index (χ4v) is 0. The van der Waals surface area contributed by atoms with Gasteiger partial charge in [-0.25, -0.2) is 0 Å². The van der Waals surface area contributed by atoms with E-state index >= 15 is 0 Å². The fraction of sp³-hybridized carbons (Fsp3) is 0. The van der Waals surface area contributed by atoms with E-state index in [0.29, 0.717) is 0 Å². The van der Waals surface area contributed by atoms with Crippen LogP contribution in [0, 0.1) is 0 Å². The normalized spacial score (nSPS) is 2.00. The quantitative estimate of drug-likeness (QED) is 0.408. The summed E-state index contributed by atoms with van der Waals surface area (Å²) in [6.07, 6.45) is 0. The van der Waals surface area contributed by atoms with Crippen molar-refractivity contribution in [1.29, 1.82) is 0 Å². The minimum atomic E-state index is 0. The van der Waals surface area contributed by atoms with Crippen molar-refractivity contribution in [2.45, 2.75) is 0 Å². The molecule has 0 amide bonds. The molecular weight excluding hydrogens is 270 g/mol. The molecule has 0 saturated carbocycles. The third-order valence-corrected chi connectivity index (χ3v) is 0. The molecule has 0 rings (SSSR count). The Balaban J connectivity index is -0.00000000500. The summed E-state index contributed by atoms with van der Waals surface area (Å²) in [4.78, 5) is 0. The van der Waals surface area contributed by atoms with Crippen molar-refractivity contribution in [3.05, 3.63) is 0 Å². The standard InChI is InChI=1S/Al.Mo.H3Si.Sn.5H/h;;1H3;;;;;;. The molecule has 0 fully saturated rings. The maximum absolute atomic E-state index is 2.09. The number of rotatable bonds is 0. The second-order valence-electron chi connectivity index (χ2n) is 0. The van der Waals surface area contributed by atoms with Gasteiger partial charge in [-0.05, 0) is 0 Å². The second kappa shape index (κ2) is 18.8. The van der Waals surface area contributed by atoms with Crippen LogP contribution in [0.3, 0.4) is 0 Å². The van der Waals surface area contributed by atoms with Crippen LogP contribution in [0.5, 0.6) is 0 Å². The summed E-state index contributed by atoms with van der Waals surface area (Å²) in [6.45, 7) is 0. The van der Waals surface area contributed by atoms with Crippen molar-refractivity contribution in [1.82, 2.24) is 0 Å². The number of hydrogen-bond donors (Lipinski definition) is 0. The Bertz CT molecular complexity index is 8.00. The second-order valence-corrected chi connectivity index (χ2v) is 0. The van der Waals surface area contributed by atoms with E-state index in [9.17, 15) is 0 Å². The van der Waals surface area contributed by atoms with Gasteiger partial charge in [0, 0.05) is 0 Å². The first kappa shape index (κ1) is 16.3. The Kier molecular flexibility index (Phi) is 76.7. The van der Waals surface area contributed by atoms with Gasteiger partial charge in [0.25, 0.3) is 0 Å². The van der Waals surface area contributed by atoms with Crippen LogP contribution in [0.25, 0.3) is 0 Å². The Hall–Kier alpha value is 2.24. The van der Waals surface area contributed by atoms with Gasteiger partial charge in [0.05, 0.1) is 0 Å². The molecule has 25 valence electrons. The summed E-state index contributed by atoms with van der Waals surface area (Å²) in [5.74, 6) is 0. The van der Waals surface area contributed by atoms with Crippen molar-refractivity contribution < 1.29 is 19.1 Å². The van der Waals surface area contributed by atoms with Crippen LogP contribution < -0.4 is 0 Å². The SMILES string of the molecule is [AlH3].[SiH3][Mo].[SnH2]. The summed E-state index contributed by atoms with van der Waals surface area (Å²) in [7, 11) is 1.32. The average Bonchev–Trinajstić information content (AvgIpc) is 1.00. The van der Waals surface area contributed by atoms with Crippen LogP contribution in [0.1, 0.15) is 0 Å². The molecule has 0 aliphatic carbocycles. The first-order valence-electron chi connectivity index (χ1n) is 0.408. The van der Waals surface area contributed by atoms with E-state index in [-0.39, 0.29) is 41.3 Å². The van der Waals surface area contributed by atoms with Crippen LogP contribution in [0.4, 0.5) is 0 Å². The van der Waals surface area contributed by atoms with E-state index in [1.54, 1.807) is 0 Å². The van der Waals surface area contributed by atoms with Crippen LogP contribution in [-0.4, -0.2) is 49.5 Å². The van der Waals surface area contributed by atoms with Gasteiger partial charge in [-0.3, -0.25) is 0 Å². The molecule has 4 heavy (non-hydrogen) atoms. The zero-order valence-corrected chi connectivity index (χ0v) is 10.2. The molecule has 0 aliphatic heterocycles. The minimum absolute atomic E-state index is 0. The van der Waals surface area contributed by atoms with Gasteiger partial charge in [-0.2, -0.15) is 0 Å². The van der Waals surface area contributed by atoms with E-state index in [4.69, 9.17) is 0 Å². The maximum atomic E-state index is 2.09. The van der Waals surface area contributed by atoms with Crippen LogP contribution in [-0.2, 0) is 19.1 Å². The molecule has 2 radical (unpaired) electrons. The summed E-state index contributed by atoms with van der Waals surface area (Å²) in [5.41, 5.74) is 0. The van der Waals surface area contributed by atoms with E-state index in [0.717, 1.165) is 0 Å². The zero-order valence-electron chi connectivity index (χ0n) is 2.12. The molecule has 0 atom stereocenters. The van der Waals surface area contributed by atoms with Gasteiger partial charge in [0.2, 0.25) is 0 Å². The van der Waals surface area contributed by atoms with Gasteiger partial charge < -0.3 is 0 Å². The molecule has 0 aliphatic rings. The van der Waals surface area contributed by atoms with Gasteiger partial charge in [0.15, 0.2) is 17.4 Å². The van der Waals surface area contributed by atoms with E-state index in [2.05, 4.69) is 19.1 Å². The Labute approximate surface area is 67.7 Å². The zero-order chi connectivity index (χ0) is 2.00. The molecule has 0 bridgehead atoms. The summed E-state index contributed by atoms with van der Waals surface area (Å²) < 4.78 is 0. The van der Waals surface area contributed by atoms with Crippen molar-refractivity contribution in [3.8, 4) is 0 Å². The molecule has 4 heteroatoms. The summed E-state index contributed by atoms with van der Waals surface area (Å²) in [6, 6.07) is 0. The molecule has 0 nitrogen and oxygen atoms in total. The third kappa shape index (κ3) is 8.87. The van der Waals surface area contributed by atoms with E-state index in [1.165, 1.54) is 8.21 Å². The Morgan fingerprint density at radius 2 is 1.25 bits per heavy atom. The predicted molar refractivity (Wildman–Crippen MR) is 28.4 cm³/mol. The van der Waals surface area contributed by atoms with Gasteiger partial charge in [-0.1, -0.05) is 0 Å².